The van der Waals surface area contributed by atoms with Gasteiger partial charge in [0.15, 0.2) is 11.5 Å². The number of fused-ring (bicyclic) bond motifs is 1. The zero-order valence-electron chi connectivity index (χ0n) is 16.2. The molecule has 2 atom stereocenters. The molecule has 1 heterocycles. The Kier molecular flexibility index (Phi) is 6.51. The number of halogens is 4. The van der Waals surface area contributed by atoms with Gasteiger partial charge >= 0.3 is 13.2 Å². The number of alkyl halides is 4. The fraction of sp³-hybridized carbons (Fsp3) is 0.250. The first kappa shape index (κ1) is 22.8. The van der Waals surface area contributed by atoms with Gasteiger partial charge in [-0.05, 0) is 29.3 Å². The third kappa shape index (κ3) is 4.58. The summed E-state index contributed by atoms with van der Waals surface area (Å²) in [5, 5.41) is 0. The molecule has 0 aliphatic carbocycles. The van der Waals surface area contributed by atoms with Gasteiger partial charge in [-0.25, -0.2) is 0 Å². The lowest BCUT2D eigenvalue weighted by Gasteiger charge is -2.32. The molecule has 0 spiro atoms. The number of primary amides is 2. The zero-order valence-corrected chi connectivity index (χ0v) is 16.2. The van der Waals surface area contributed by atoms with Crippen molar-refractivity contribution in [2.45, 2.75) is 31.7 Å². The zero-order chi connectivity index (χ0) is 23.6. The topological polar surface area (TPSA) is 125 Å². The Bertz CT molecular complexity index is 1050. The second kappa shape index (κ2) is 9.12. The number of nitrogens with zero attached hydrogens (tertiary/aromatic N) is 1. The van der Waals surface area contributed by atoms with Crippen LogP contribution in [0.25, 0.3) is 0 Å². The Hall–Kier alpha value is -3.83. The largest absolute Gasteiger partial charge is 0.431 e. The minimum atomic E-state index is -3.38. The van der Waals surface area contributed by atoms with E-state index >= 15 is 0 Å². The summed E-state index contributed by atoms with van der Waals surface area (Å²) in [5.74, 6) is -3.89. The Balaban J connectivity index is 2.11. The molecule has 0 saturated heterocycles. The van der Waals surface area contributed by atoms with Gasteiger partial charge in [0.05, 0.1) is 12.5 Å². The molecule has 0 saturated carbocycles. The molecule has 2 unspecified atom stereocenters. The number of nitrogens with two attached hydrogens (primary N) is 2. The van der Waals surface area contributed by atoms with Crippen LogP contribution in [0.15, 0.2) is 42.5 Å². The molecule has 1 aliphatic rings. The molecular weight excluding hydrogens is 438 g/mol. The fourth-order valence-corrected chi connectivity index (χ4v) is 3.63. The van der Waals surface area contributed by atoms with Gasteiger partial charge in [-0.3, -0.25) is 14.4 Å². The van der Waals surface area contributed by atoms with Crippen LogP contribution in [0.3, 0.4) is 0 Å². The maximum Gasteiger partial charge on any atom is 0.387 e. The van der Waals surface area contributed by atoms with Gasteiger partial charge in [0, 0.05) is 5.56 Å². The molecule has 0 fully saturated rings. The molecule has 170 valence electrons. The standard InChI is InChI=1S/C20H17F4N3O5/c21-19(22)31-13-6-5-9(7-14(13)32-20(23)24)12(8-15(25)28)27-16(17(26)29)10-3-1-2-4-11(10)18(27)30/h1-7,12,16,19-20H,8H2,(H2,25,28)(H2,26,29). The van der Waals surface area contributed by atoms with E-state index in [1.165, 1.54) is 12.1 Å². The highest BCUT2D eigenvalue weighted by Crippen LogP contribution is 2.43. The quantitative estimate of drug-likeness (QED) is 0.562. The summed E-state index contributed by atoms with van der Waals surface area (Å²) < 4.78 is 59.4. The smallest absolute Gasteiger partial charge is 0.387 e. The van der Waals surface area contributed by atoms with Crippen molar-refractivity contribution in [3.05, 3.63) is 59.2 Å². The number of hydrogen-bond acceptors (Lipinski definition) is 5. The molecule has 0 radical (unpaired) electrons. The summed E-state index contributed by atoms with van der Waals surface area (Å²) in [7, 11) is 0. The average Bonchev–Trinajstić information content (AvgIpc) is 2.99. The van der Waals surface area contributed by atoms with Crippen LogP contribution < -0.4 is 20.9 Å². The molecule has 8 nitrogen and oxygen atoms in total. The van der Waals surface area contributed by atoms with Crippen LogP contribution in [0.4, 0.5) is 17.6 Å². The van der Waals surface area contributed by atoms with Gasteiger partial charge in [-0.15, -0.1) is 0 Å². The summed E-state index contributed by atoms with van der Waals surface area (Å²) in [4.78, 5) is 38.1. The van der Waals surface area contributed by atoms with Crippen LogP contribution in [0.1, 0.15) is 40.0 Å². The predicted molar refractivity (Wildman–Crippen MR) is 101 cm³/mol. The molecule has 3 amide bonds. The fourth-order valence-electron chi connectivity index (χ4n) is 3.63. The van der Waals surface area contributed by atoms with Gasteiger partial charge in [0.2, 0.25) is 11.8 Å². The van der Waals surface area contributed by atoms with Crippen molar-refractivity contribution in [1.82, 2.24) is 4.90 Å². The van der Waals surface area contributed by atoms with Crippen LogP contribution in [-0.2, 0) is 9.59 Å². The lowest BCUT2D eigenvalue weighted by atomic mass is 9.98. The first-order valence-corrected chi connectivity index (χ1v) is 9.13. The second-order valence-corrected chi connectivity index (χ2v) is 6.75. The van der Waals surface area contributed by atoms with Gasteiger partial charge in [0.1, 0.15) is 6.04 Å². The van der Waals surface area contributed by atoms with Crippen molar-refractivity contribution < 1.29 is 41.4 Å². The molecule has 0 bridgehead atoms. The van der Waals surface area contributed by atoms with Crippen molar-refractivity contribution in [2.24, 2.45) is 11.5 Å². The maximum absolute atomic E-state index is 13.1. The lowest BCUT2D eigenvalue weighted by Crippen LogP contribution is -2.40. The van der Waals surface area contributed by atoms with Gasteiger partial charge in [-0.1, -0.05) is 24.3 Å². The monoisotopic (exact) mass is 455 g/mol. The van der Waals surface area contributed by atoms with Crippen molar-refractivity contribution in [1.29, 1.82) is 0 Å². The van der Waals surface area contributed by atoms with Gasteiger partial charge in [0.25, 0.3) is 5.91 Å². The lowest BCUT2D eigenvalue weighted by molar-refractivity contribution is -0.125. The highest BCUT2D eigenvalue weighted by molar-refractivity contribution is 6.04. The molecule has 4 N–H and O–H groups in total. The molecule has 3 rings (SSSR count). The Morgan fingerprint density at radius 2 is 1.59 bits per heavy atom. The predicted octanol–water partition coefficient (Wildman–Crippen LogP) is 2.49. The molecular formula is C20H17F4N3O5. The van der Waals surface area contributed by atoms with Crippen LogP contribution in [0.5, 0.6) is 11.5 Å². The van der Waals surface area contributed by atoms with Crippen LogP contribution in [0.2, 0.25) is 0 Å². The molecule has 32 heavy (non-hydrogen) atoms. The number of benzene rings is 2. The number of carbonyl (C=O) groups excluding carboxylic acids is 3. The van der Waals surface area contributed by atoms with Crippen molar-refractivity contribution in [3.8, 4) is 11.5 Å². The van der Waals surface area contributed by atoms with Crippen LogP contribution >= 0.6 is 0 Å². The molecule has 12 heteroatoms. The SMILES string of the molecule is NC(=O)CC(c1ccc(OC(F)F)c(OC(F)F)c1)N1C(=O)c2ccccc2C1C(N)=O. The highest BCUT2D eigenvalue weighted by Gasteiger charge is 2.44. The third-order valence-electron chi connectivity index (χ3n) is 4.78. The van der Waals surface area contributed by atoms with E-state index in [1.54, 1.807) is 12.1 Å². The van der Waals surface area contributed by atoms with E-state index in [9.17, 15) is 31.9 Å². The third-order valence-corrected chi connectivity index (χ3v) is 4.78. The maximum atomic E-state index is 13.1. The minimum Gasteiger partial charge on any atom is -0.431 e. The van der Waals surface area contributed by atoms with E-state index in [1.807, 2.05) is 0 Å². The first-order chi connectivity index (χ1) is 15.1. The average molecular weight is 455 g/mol. The number of rotatable bonds is 9. The second-order valence-electron chi connectivity index (χ2n) is 6.75. The molecule has 2 aromatic carbocycles. The van der Waals surface area contributed by atoms with Crippen molar-refractivity contribution in [2.75, 3.05) is 0 Å². The normalized spacial score (nSPS) is 16.2. The van der Waals surface area contributed by atoms with Gasteiger partial charge < -0.3 is 25.8 Å². The van der Waals surface area contributed by atoms with E-state index in [4.69, 9.17) is 11.5 Å². The molecule has 1 aliphatic heterocycles. The summed E-state index contributed by atoms with van der Waals surface area (Å²) in [5.41, 5.74) is 11.3. The Morgan fingerprint density at radius 1 is 0.969 bits per heavy atom. The van der Waals surface area contributed by atoms with Crippen LogP contribution in [-0.4, -0.2) is 35.8 Å². The number of amides is 3. The Labute approximate surface area is 178 Å². The molecule has 2 aromatic rings. The van der Waals surface area contributed by atoms with E-state index in [2.05, 4.69) is 9.47 Å². The number of ether oxygens (including phenoxy) is 2. The summed E-state index contributed by atoms with van der Waals surface area (Å²) >= 11 is 0. The van der Waals surface area contributed by atoms with E-state index < -0.39 is 60.9 Å². The minimum absolute atomic E-state index is 0.00784. The summed E-state index contributed by atoms with van der Waals surface area (Å²) in [6.45, 7) is -6.70. The number of hydrogen-bond donors (Lipinski definition) is 2. The van der Waals surface area contributed by atoms with E-state index in [-0.39, 0.29) is 11.1 Å². The Morgan fingerprint density at radius 3 is 2.19 bits per heavy atom. The first-order valence-electron chi connectivity index (χ1n) is 9.13. The van der Waals surface area contributed by atoms with Crippen molar-refractivity contribution >= 4 is 17.7 Å². The number of carbonyl (C=O) groups is 3. The van der Waals surface area contributed by atoms with Crippen LogP contribution in [0, 0.1) is 0 Å². The van der Waals surface area contributed by atoms with Gasteiger partial charge in [-0.2, -0.15) is 17.6 Å². The summed E-state index contributed by atoms with van der Waals surface area (Å²) in [6.07, 6.45) is -0.521. The highest BCUT2D eigenvalue weighted by atomic mass is 19.3. The van der Waals surface area contributed by atoms with E-state index in [0.717, 1.165) is 23.1 Å². The van der Waals surface area contributed by atoms with E-state index in [0.29, 0.717) is 5.56 Å². The molecule has 0 aromatic heterocycles. The van der Waals surface area contributed by atoms with Crippen molar-refractivity contribution in [3.63, 3.8) is 0 Å². The summed E-state index contributed by atoms with van der Waals surface area (Å²) in [6, 6.07) is 6.58.